The van der Waals surface area contributed by atoms with E-state index in [9.17, 15) is 18.8 Å². The number of imide groups is 1. The molecule has 0 radical (unpaired) electrons. The molecule has 0 saturated heterocycles. The normalized spacial score (nSPS) is 18.1. The highest BCUT2D eigenvalue weighted by Crippen LogP contribution is 2.33. The van der Waals surface area contributed by atoms with Gasteiger partial charge in [0.05, 0.1) is 5.56 Å². The number of fused-ring (bicyclic) bond motifs is 3. The number of nitrogens with zero attached hydrogens (tertiary/aromatic N) is 2. The number of para-hydroxylation sites is 1. The van der Waals surface area contributed by atoms with E-state index >= 15 is 0 Å². The molecular weight excluding hydrogens is 389 g/mol. The van der Waals surface area contributed by atoms with E-state index in [1.54, 1.807) is 24.3 Å². The van der Waals surface area contributed by atoms with Crippen molar-refractivity contribution < 1.29 is 28.1 Å². The first-order valence-electron chi connectivity index (χ1n) is 9.51. The minimum absolute atomic E-state index is 0.200. The average molecular weight is 410 g/mol. The third-order valence-electron chi connectivity index (χ3n) is 4.71. The second kappa shape index (κ2) is 7.05. The number of benzene rings is 2. The number of urea groups is 1. The summed E-state index contributed by atoms with van der Waals surface area (Å²) in [6, 6.07) is 11.3. The largest absolute Gasteiger partial charge is 0.506 e. The summed E-state index contributed by atoms with van der Waals surface area (Å²) in [4.78, 5) is 40.1. The molecule has 2 heterocycles. The third kappa shape index (κ3) is 3.45. The molecule has 7 nitrogen and oxygen atoms in total. The van der Waals surface area contributed by atoms with Gasteiger partial charge >= 0.3 is 11.9 Å². The molecule has 1 atom stereocenters. The SMILES string of the molecule is CC(C)(C)NC(=O)C[N+]1=C2c3ccccc3OC2C(=O)N(c2ccc(F)cc2)C1=O. The van der Waals surface area contributed by atoms with Crippen LogP contribution in [-0.2, 0) is 9.59 Å². The predicted molar refractivity (Wildman–Crippen MR) is 107 cm³/mol. The Morgan fingerprint density at radius 1 is 1.13 bits per heavy atom. The van der Waals surface area contributed by atoms with E-state index in [1.165, 1.54) is 16.7 Å². The number of halogens is 1. The van der Waals surface area contributed by atoms with Crippen molar-refractivity contribution in [1.82, 2.24) is 5.32 Å². The van der Waals surface area contributed by atoms with Gasteiger partial charge in [-0.2, -0.15) is 9.37 Å². The molecule has 1 unspecified atom stereocenters. The summed E-state index contributed by atoms with van der Waals surface area (Å²) in [5.41, 5.74) is 0.636. The summed E-state index contributed by atoms with van der Waals surface area (Å²) >= 11 is 0. The van der Waals surface area contributed by atoms with Crippen LogP contribution >= 0.6 is 0 Å². The Labute approximate surface area is 172 Å². The Bertz CT molecular complexity index is 1090. The van der Waals surface area contributed by atoms with Crippen molar-refractivity contribution >= 4 is 29.2 Å². The van der Waals surface area contributed by atoms with Crippen LogP contribution in [0.2, 0.25) is 0 Å². The van der Waals surface area contributed by atoms with Crippen LogP contribution in [0.15, 0.2) is 48.5 Å². The molecular formula is C22H21FN3O4+. The summed E-state index contributed by atoms with van der Waals surface area (Å²) in [6.45, 7) is 5.22. The lowest BCUT2D eigenvalue weighted by atomic mass is 10.0. The Balaban J connectivity index is 1.81. The number of hydrogen-bond acceptors (Lipinski definition) is 4. The first-order chi connectivity index (χ1) is 14.2. The van der Waals surface area contributed by atoms with Gasteiger partial charge in [0.25, 0.3) is 12.0 Å². The van der Waals surface area contributed by atoms with E-state index in [0.717, 1.165) is 17.0 Å². The first-order valence-corrected chi connectivity index (χ1v) is 9.51. The molecule has 0 aliphatic carbocycles. The van der Waals surface area contributed by atoms with Gasteiger partial charge in [-0.25, -0.2) is 9.18 Å². The molecule has 2 aromatic rings. The standard InChI is InChI=1S/C22H20FN3O4/c1-22(2,3)24-17(27)12-25-18-15-6-4-5-7-16(15)30-19(18)20(28)26(21(25)29)14-10-8-13(23)9-11-14/h4-11,19H,12H2,1-3H3/p+1. The molecule has 0 bridgehead atoms. The van der Waals surface area contributed by atoms with E-state index in [2.05, 4.69) is 5.32 Å². The molecule has 2 aliphatic heterocycles. The average Bonchev–Trinajstić information content (AvgIpc) is 3.05. The lowest BCUT2D eigenvalue weighted by molar-refractivity contribution is -0.417. The van der Waals surface area contributed by atoms with Crippen molar-refractivity contribution in [3.63, 3.8) is 0 Å². The van der Waals surface area contributed by atoms with E-state index < -0.39 is 29.4 Å². The Morgan fingerprint density at radius 3 is 2.47 bits per heavy atom. The van der Waals surface area contributed by atoms with Gasteiger partial charge in [0.1, 0.15) is 17.3 Å². The number of amides is 4. The number of carbonyl (C=O) groups excluding carboxylic acids is 3. The number of carbonyl (C=O) groups is 3. The number of ether oxygens (including phenoxy) is 1. The van der Waals surface area contributed by atoms with Crippen molar-refractivity contribution in [3.05, 3.63) is 59.9 Å². The molecule has 0 fully saturated rings. The predicted octanol–water partition coefficient (Wildman–Crippen LogP) is 2.47. The fraction of sp³-hybridized carbons (Fsp3) is 0.273. The summed E-state index contributed by atoms with van der Waals surface area (Å²) < 4.78 is 20.5. The zero-order valence-corrected chi connectivity index (χ0v) is 16.8. The van der Waals surface area contributed by atoms with Crippen molar-refractivity contribution in [2.75, 3.05) is 11.4 Å². The van der Waals surface area contributed by atoms with E-state index in [4.69, 9.17) is 4.74 Å². The van der Waals surface area contributed by atoms with Gasteiger partial charge in [0.15, 0.2) is 12.3 Å². The van der Waals surface area contributed by atoms with Crippen LogP contribution in [0, 0.1) is 5.82 Å². The summed E-state index contributed by atoms with van der Waals surface area (Å²) in [7, 11) is 0. The number of rotatable bonds is 3. The summed E-state index contributed by atoms with van der Waals surface area (Å²) in [6.07, 6.45) is -1.08. The van der Waals surface area contributed by atoms with Crippen molar-refractivity contribution in [2.45, 2.75) is 32.4 Å². The molecule has 0 spiro atoms. The molecule has 154 valence electrons. The van der Waals surface area contributed by atoms with Crippen molar-refractivity contribution in [3.8, 4) is 5.75 Å². The lowest BCUT2D eigenvalue weighted by Gasteiger charge is -2.25. The van der Waals surface area contributed by atoms with Gasteiger partial charge in [0.2, 0.25) is 0 Å². The molecule has 1 N–H and O–H groups in total. The fourth-order valence-corrected chi connectivity index (χ4v) is 3.58. The van der Waals surface area contributed by atoms with Gasteiger partial charge in [-0.15, -0.1) is 4.90 Å². The van der Waals surface area contributed by atoms with Gasteiger partial charge in [-0.05, 0) is 57.2 Å². The van der Waals surface area contributed by atoms with Crippen LogP contribution < -0.4 is 15.0 Å². The second-order valence-electron chi connectivity index (χ2n) is 8.20. The summed E-state index contributed by atoms with van der Waals surface area (Å²) in [5, 5.41) is 2.82. The molecule has 0 saturated carbocycles. The lowest BCUT2D eigenvalue weighted by Crippen LogP contribution is -2.59. The molecule has 2 aliphatic rings. The van der Waals surface area contributed by atoms with Crippen LogP contribution in [0.4, 0.5) is 14.9 Å². The van der Waals surface area contributed by atoms with Gasteiger partial charge in [-0.1, -0.05) is 12.1 Å². The van der Waals surface area contributed by atoms with Crippen LogP contribution in [0.25, 0.3) is 0 Å². The Hall–Kier alpha value is -3.55. The second-order valence-corrected chi connectivity index (χ2v) is 8.20. The first kappa shape index (κ1) is 19.8. The maximum absolute atomic E-state index is 13.4. The number of nitrogens with one attached hydrogen (secondary N) is 1. The molecule has 2 aromatic carbocycles. The van der Waals surface area contributed by atoms with Gasteiger partial charge in [-0.3, -0.25) is 4.79 Å². The van der Waals surface area contributed by atoms with Crippen molar-refractivity contribution in [2.24, 2.45) is 0 Å². The van der Waals surface area contributed by atoms with Gasteiger partial charge in [0, 0.05) is 5.54 Å². The van der Waals surface area contributed by atoms with Crippen LogP contribution in [-0.4, -0.2) is 46.3 Å². The highest BCUT2D eigenvalue weighted by molar-refractivity contribution is 6.29. The van der Waals surface area contributed by atoms with E-state index in [0.29, 0.717) is 17.0 Å². The van der Waals surface area contributed by atoms with E-state index in [-0.39, 0.29) is 18.1 Å². The fourth-order valence-electron chi connectivity index (χ4n) is 3.58. The number of hydrogen-bond donors (Lipinski definition) is 1. The molecule has 4 amide bonds. The van der Waals surface area contributed by atoms with Gasteiger partial charge < -0.3 is 10.1 Å². The van der Waals surface area contributed by atoms with Crippen LogP contribution in [0.3, 0.4) is 0 Å². The minimum atomic E-state index is -1.08. The quantitative estimate of drug-likeness (QED) is 0.789. The van der Waals surface area contributed by atoms with Crippen LogP contribution in [0.1, 0.15) is 26.3 Å². The highest BCUT2D eigenvalue weighted by atomic mass is 19.1. The Morgan fingerprint density at radius 2 is 1.80 bits per heavy atom. The maximum atomic E-state index is 13.4. The molecule has 8 heteroatoms. The topological polar surface area (TPSA) is 78.7 Å². The smallest absolute Gasteiger partial charge is 0.469 e. The summed E-state index contributed by atoms with van der Waals surface area (Å²) in [5.74, 6) is -1.00. The molecule has 4 rings (SSSR count). The number of anilines is 1. The highest BCUT2D eigenvalue weighted by Gasteiger charge is 2.54. The van der Waals surface area contributed by atoms with E-state index in [1.807, 2.05) is 20.8 Å². The van der Waals surface area contributed by atoms with Crippen LogP contribution in [0.5, 0.6) is 5.75 Å². The molecule has 0 aromatic heterocycles. The third-order valence-corrected chi connectivity index (χ3v) is 4.71. The minimum Gasteiger partial charge on any atom is -0.469 e. The Kier molecular flexibility index (Phi) is 4.64. The monoisotopic (exact) mass is 410 g/mol. The van der Waals surface area contributed by atoms with Crippen molar-refractivity contribution in [1.29, 1.82) is 0 Å². The zero-order chi connectivity index (χ0) is 21.6. The molecule has 30 heavy (non-hydrogen) atoms. The maximum Gasteiger partial charge on any atom is 0.506 e. The zero-order valence-electron chi connectivity index (χ0n) is 16.8.